The van der Waals surface area contributed by atoms with Crippen LogP contribution in [0.4, 0.5) is 0 Å². The van der Waals surface area contributed by atoms with Gasteiger partial charge in [0, 0.05) is 18.1 Å². The quantitative estimate of drug-likeness (QED) is 0.840. The van der Waals surface area contributed by atoms with Crippen LogP contribution in [0.1, 0.15) is 66.7 Å². The van der Waals surface area contributed by atoms with Crippen molar-refractivity contribution in [1.29, 1.82) is 0 Å². The Balaban J connectivity index is 1.85. The highest BCUT2D eigenvalue weighted by Gasteiger charge is 2.32. The second-order valence-corrected chi connectivity index (χ2v) is 8.00. The molecule has 2 heteroatoms. The fourth-order valence-corrected chi connectivity index (χ4v) is 4.28. The molecule has 1 aliphatic heterocycles. The van der Waals surface area contributed by atoms with Gasteiger partial charge >= 0.3 is 0 Å². The summed E-state index contributed by atoms with van der Waals surface area (Å²) in [6.45, 7) is 14.5. The first-order valence-electron chi connectivity index (χ1n) is 8.97. The topological polar surface area (TPSA) is 15.3 Å². The zero-order chi connectivity index (χ0) is 14.7. The minimum atomic E-state index is 0.717. The Morgan fingerprint density at radius 3 is 2.15 bits per heavy atom. The lowest BCUT2D eigenvalue weighted by molar-refractivity contribution is 0.120. The molecule has 0 amide bonds. The van der Waals surface area contributed by atoms with E-state index in [0.29, 0.717) is 6.04 Å². The van der Waals surface area contributed by atoms with Crippen LogP contribution in [0.2, 0.25) is 0 Å². The molecule has 1 heterocycles. The van der Waals surface area contributed by atoms with Crippen molar-refractivity contribution in [3.05, 3.63) is 0 Å². The first kappa shape index (κ1) is 16.3. The maximum absolute atomic E-state index is 4.05. The zero-order valence-electron chi connectivity index (χ0n) is 14.4. The largest absolute Gasteiger partial charge is 0.311 e. The lowest BCUT2D eigenvalue weighted by Gasteiger charge is -2.42. The van der Waals surface area contributed by atoms with Gasteiger partial charge in [0.15, 0.2) is 0 Å². The molecule has 0 spiro atoms. The van der Waals surface area contributed by atoms with Crippen LogP contribution in [0.25, 0.3) is 0 Å². The summed E-state index contributed by atoms with van der Waals surface area (Å²) in [4.78, 5) is 2.63. The number of piperidine rings is 1. The second kappa shape index (κ2) is 7.26. The molecule has 0 aromatic rings. The first-order valence-corrected chi connectivity index (χ1v) is 8.97. The van der Waals surface area contributed by atoms with Gasteiger partial charge in [0.1, 0.15) is 0 Å². The standard InChI is InChI=1S/C18H36N2/c1-13(2)17-7-6-15(5)12-18(17)19-16-8-10-20(11-9-16)14(3)4/h13-19H,6-12H2,1-5H3. The van der Waals surface area contributed by atoms with Crippen molar-refractivity contribution in [2.75, 3.05) is 13.1 Å². The summed E-state index contributed by atoms with van der Waals surface area (Å²) in [6, 6.07) is 2.25. The summed E-state index contributed by atoms with van der Waals surface area (Å²) >= 11 is 0. The fourth-order valence-electron chi connectivity index (χ4n) is 4.28. The Bertz CT molecular complexity index is 279. The lowest BCUT2D eigenvalue weighted by atomic mass is 9.73. The van der Waals surface area contributed by atoms with Crippen LogP contribution in [0.15, 0.2) is 0 Å². The van der Waals surface area contributed by atoms with Crippen molar-refractivity contribution in [3.63, 3.8) is 0 Å². The Morgan fingerprint density at radius 1 is 0.950 bits per heavy atom. The predicted molar refractivity (Wildman–Crippen MR) is 88.0 cm³/mol. The summed E-state index contributed by atoms with van der Waals surface area (Å²) in [5, 5.41) is 4.05. The third-order valence-electron chi connectivity index (χ3n) is 5.73. The molecule has 118 valence electrons. The van der Waals surface area contributed by atoms with Crippen molar-refractivity contribution in [1.82, 2.24) is 10.2 Å². The van der Waals surface area contributed by atoms with Crippen molar-refractivity contribution in [2.45, 2.75) is 84.8 Å². The van der Waals surface area contributed by atoms with Crippen LogP contribution in [-0.4, -0.2) is 36.1 Å². The molecule has 0 aromatic carbocycles. The Morgan fingerprint density at radius 2 is 1.60 bits per heavy atom. The maximum Gasteiger partial charge on any atom is 0.0103 e. The van der Waals surface area contributed by atoms with Gasteiger partial charge in [-0.2, -0.15) is 0 Å². The summed E-state index contributed by atoms with van der Waals surface area (Å²) in [5.74, 6) is 2.64. The molecule has 1 saturated carbocycles. The van der Waals surface area contributed by atoms with Gasteiger partial charge in [0.25, 0.3) is 0 Å². The number of nitrogens with one attached hydrogen (secondary N) is 1. The number of hydrogen-bond donors (Lipinski definition) is 1. The van der Waals surface area contributed by atoms with E-state index in [1.165, 1.54) is 45.2 Å². The van der Waals surface area contributed by atoms with E-state index in [1.807, 2.05) is 0 Å². The van der Waals surface area contributed by atoms with Gasteiger partial charge in [0.05, 0.1) is 0 Å². The van der Waals surface area contributed by atoms with Crippen LogP contribution in [0, 0.1) is 17.8 Å². The smallest absolute Gasteiger partial charge is 0.0103 e. The van der Waals surface area contributed by atoms with Crippen molar-refractivity contribution in [2.24, 2.45) is 17.8 Å². The molecular formula is C18H36N2. The molecule has 0 bridgehead atoms. The fraction of sp³-hybridized carbons (Fsp3) is 1.00. The van der Waals surface area contributed by atoms with Gasteiger partial charge in [-0.3, -0.25) is 0 Å². The average Bonchev–Trinajstić information content (AvgIpc) is 2.39. The average molecular weight is 280 g/mol. The van der Waals surface area contributed by atoms with Crippen LogP contribution >= 0.6 is 0 Å². The predicted octanol–water partition coefficient (Wildman–Crippen LogP) is 3.91. The van der Waals surface area contributed by atoms with Gasteiger partial charge in [-0.25, -0.2) is 0 Å². The van der Waals surface area contributed by atoms with E-state index >= 15 is 0 Å². The van der Waals surface area contributed by atoms with Gasteiger partial charge in [-0.1, -0.05) is 27.2 Å². The highest BCUT2D eigenvalue weighted by atomic mass is 15.2. The third kappa shape index (κ3) is 4.21. The Kier molecular flexibility index (Phi) is 5.92. The molecule has 2 nitrogen and oxygen atoms in total. The minimum Gasteiger partial charge on any atom is -0.311 e. The third-order valence-corrected chi connectivity index (χ3v) is 5.73. The van der Waals surface area contributed by atoms with Gasteiger partial charge in [0.2, 0.25) is 0 Å². The Labute approximate surface area is 126 Å². The molecule has 1 saturated heterocycles. The molecule has 0 radical (unpaired) electrons. The van der Waals surface area contributed by atoms with E-state index in [0.717, 1.165) is 29.8 Å². The molecule has 2 rings (SSSR count). The van der Waals surface area contributed by atoms with Gasteiger partial charge in [-0.15, -0.1) is 0 Å². The summed E-state index contributed by atoms with van der Waals surface area (Å²) < 4.78 is 0. The Hall–Kier alpha value is -0.0800. The van der Waals surface area contributed by atoms with Crippen molar-refractivity contribution >= 4 is 0 Å². The second-order valence-electron chi connectivity index (χ2n) is 8.00. The van der Waals surface area contributed by atoms with E-state index in [1.54, 1.807) is 0 Å². The SMILES string of the molecule is CC1CCC(C(C)C)C(NC2CCN(C(C)C)CC2)C1. The summed E-state index contributed by atoms with van der Waals surface area (Å²) in [6.07, 6.45) is 6.95. The minimum absolute atomic E-state index is 0.717. The highest BCUT2D eigenvalue weighted by Crippen LogP contribution is 2.34. The summed E-state index contributed by atoms with van der Waals surface area (Å²) in [5.41, 5.74) is 0. The lowest BCUT2D eigenvalue weighted by Crippen LogP contribution is -2.51. The number of likely N-dealkylation sites (tertiary alicyclic amines) is 1. The molecule has 0 aromatic heterocycles. The van der Waals surface area contributed by atoms with Crippen molar-refractivity contribution < 1.29 is 0 Å². The van der Waals surface area contributed by atoms with E-state index in [2.05, 4.69) is 44.8 Å². The van der Waals surface area contributed by atoms with Crippen LogP contribution < -0.4 is 5.32 Å². The summed E-state index contributed by atoms with van der Waals surface area (Å²) in [7, 11) is 0. The molecule has 3 atom stereocenters. The molecule has 1 aliphatic carbocycles. The van der Waals surface area contributed by atoms with E-state index in [4.69, 9.17) is 0 Å². The van der Waals surface area contributed by atoms with Crippen LogP contribution in [0.5, 0.6) is 0 Å². The van der Waals surface area contributed by atoms with Crippen molar-refractivity contribution in [3.8, 4) is 0 Å². The molecule has 20 heavy (non-hydrogen) atoms. The zero-order valence-corrected chi connectivity index (χ0v) is 14.4. The molecule has 3 unspecified atom stereocenters. The number of hydrogen-bond acceptors (Lipinski definition) is 2. The molecule has 2 aliphatic rings. The van der Waals surface area contributed by atoms with E-state index < -0.39 is 0 Å². The van der Waals surface area contributed by atoms with Crippen LogP contribution in [0.3, 0.4) is 0 Å². The first-order chi connectivity index (χ1) is 9.47. The number of nitrogens with zero attached hydrogens (tertiary/aromatic N) is 1. The normalized spacial score (nSPS) is 34.0. The van der Waals surface area contributed by atoms with E-state index in [-0.39, 0.29) is 0 Å². The van der Waals surface area contributed by atoms with Gasteiger partial charge in [-0.05, 0) is 70.4 Å². The molecular weight excluding hydrogens is 244 g/mol. The monoisotopic (exact) mass is 280 g/mol. The van der Waals surface area contributed by atoms with Gasteiger partial charge < -0.3 is 10.2 Å². The van der Waals surface area contributed by atoms with E-state index in [9.17, 15) is 0 Å². The molecule has 1 N–H and O–H groups in total. The van der Waals surface area contributed by atoms with Crippen LogP contribution in [-0.2, 0) is 0 Å². The highest BCUT2D eigenvalue weighted by molar-refractivity contribution is 4.89. The maximum atomic E-state index is 4.05. The molecule has 2 fully saturated rings. The number of rotatable bonds is 4.